The molecule has 0 unspecified atom stereocenters. The Morgan fingerprint density at radius 1 is 0.867 bits per heavy atom. The van der Waals surface area contributed by atoms with Crippen molar-refractivity contribution in [3.05, 3.63) is 66.8 Å². The molecule has 1 aromatic carbocycles. The summed E-state index contributed by atoms with van der Waals surface area (Å²) < 4.78 is 0. The first-order valence-electron chi connectivity index (χ1n) is 4.92. The first-order chi connectivity index (χ1) is 7.28. The van der Waals surface area contributed by atoms with Gasteiger partial charge in [-0.2, -0.15) is 0 Å². The zero-order valence-corrected chi connectivity index (χ0v) is 9.00. The van der Waals surface area contributed by atoms with E-state index in [0.29, 0.717) is 0 Å². The SMILES string of the molecule is C=CCc1c(C=C)ccc(C=C)c1C=C. The molecule has 76 valence electrons. The van der Waals surface area contributed by atoms with Gasteiger partial charge in [0.2, 0.25) is 0 Å². The Bertz CT molecular complexity index is 408. The summed E-state index contributed by atoms with van der Waals surface area (Å²) in [6, 6.07) is 4.09. The maximum atomic E-state index is 3.84. The van der Waals surface area contributed by atoms with E-state index in [1.165, 1.54) is 5.56 Å². The van der Waals surface area contributed by atoms with Crippen LogP contribution in [0.25, 0.3) is 18.2 Å². The Morgan fingerprint density at radius 3 is 1.93 bits per heavy atom. The molecule has 0 aliphatic carbocycles. The standard InChI is InChI=1S/C15H16/c1-5-9-15-13(7-3)11-10-12(6-2)14(15)8-4/h5-8,10-11H,1-4,9H2. The average molecular weight is 196 g/mol. The molecule has 0 saturated heterocycles. The summed E-state index contributed by atoms with van der Waals surface area (Å²) in [5.74, 6) is 0. The summed E-state index contributed by atoms with van der Waals surface area (Å²) in [6.07, 6.45) is 8.28. The van der Waals surface area contributed by atoms with Crippen molar-refractivity contribution < 1.29 is 0 Å². The van der Waals surface area contributed by atoms with Crippen LogP contribution in [0.15, 0.2) is 44.5 Å². The summed E-state index contributed by atoms with van der Waals surface area (Å²) in [4.78, 5) is 0. The molecule has 0 radical (unpaired) electrons. The van der Waals surface area contributed by atoms with Crippen LogP contribution in [0.4, 0.5) is 0 Å². The third-order valence-corrected chi connectivity index (χ3v) is 2.42. The van der Waals surface area contributed by atoms with Crippen LogP contribution in [0.5, 0.6) is 0 Å². The van der Waals surface area contributed by atoms with Crippen LogP contribution >= 0.6 is 0 Å². The molecule has 0 heteroatoms. The van der Waals surface area contributed by atoms with Gasteiger partial charge in [0.25, 0.3) is 0 Å². The van der Waals surface area contributed by atoms with Gasteiger partial charge in [-0.1, -0.05) is 56.2 Å². The quantitative estimate of drug-likeness (QED) is 0.614. The second-order valence-corrected chi connectivity index (χ2v) is 3.24. The van der Waals surface area contributed by atoms with Crippen molar-refractivity contribution >= 4 is 18.2 Å². The van der Waals surface area contributed by atoms with Crippen LogP contribution < -0.4 is 0 Å². The van der Waals surface area contributed by atoms with E-state index in [4.69, 9.17) is 0 Å². The molecule has 0 aliphatic rings. The molecular formula is C15H16. The van der Waals surface area contributed by atoms with Crippen LogP contribution in [0.3, 0.4) is 0 Å². The van der Waals surface area contributed by atoms with Crippen molar-refractivity contribution in [1.82, 2.24) is 0 Å². The molecule has 0 amide bonds. The molecule has 0 fully saturated rings. The zero-order valence-electron chi connectivity index (χ0n) is 9.00. The van der Waals surface area contributed by atoms with E-state index in [2.05, 4.69) is 32.4 Å². The summed E-state index contributed by atoms with van der Waals surface area (Å²) in [6.45, 7) is 15.2. The van der Waals surface area contributed by atoms with Crippen LogP contribution in [-0.2, 0) is 6.42 Å². The van der Waals surface area contributed by atoms with E-state index in [9.17, 15) is 0 Å². The van der Waals surface area contributed by atoms with Gasteiger partial charge in [0, 0.05) is 0 Å². The van der Waals surface area contributed by atoms with Crippen LogP contribution in [0, 0.1) is 0 Å². The summed E-state index contributed by atoms with van der Waals surface area (Å²) in [5.41, 5.74) is 4.58. The normalized spacial score (nSPS) is 9.33. The second-order valence-electron chi connectivity index (χ2n) is 3.24. The van der Waals surface area contributed by atoms with Crippen LogP contribution in [0.2, 0.25) is 0 Å². The number of benzene rings is 1. The van der Waals surface area contributed by atoms with E-state index < -0.39 is 0 Å². The smallest absolute Gasteiger partial charge is 0.00880 e. The van der Waals surface area contributed by atoms with Gasteiger partial charge in [-0.3, -0.25) is 0 Å². The number of rotatable bonds is 5. The minimum absolute atomic E-state index is 0.824. The van der Waals surface area contributed by atoms with Gasteiger partial charge in [-0.25, -0.2) is 0 Å². The van der Waals surface area contributed by atoms with Crippen molar-refractivity contribution in [3.8, 4) is 0 Å². The van der Waals surface area contributed by atoms with Crippen molar-refractivity contribution in [1.29, 1.82) is 0 Å². The molecule has 0 spiro atoms. The van der Waals surface area contributed by atoms with E-state index in [0.717, 1.165) is 23.1 Å². The molecule has 0 bridgehead atoms. The minimum atomic E-state index is 0.824. The maximum absolute atomic E-state index is 3.84. The molecular weight excluding hydrogens is 180 g/mol. The van der Waals surface area contributed by atoms with E-state index in [1.54, 1.807) is 0 Å². The lowest BCUT2D eigenvalue weighted by Gasteiger charge is -2.11. The van der Waals surface area contributed by atoms with Crippen LogP contribution in [0.1, 0.15) is 22.3 Å². The highest BCUT2D eigenvalue weighted by Crippen LogP contribution is 2.23. The van der Waals surface area contributed by atoms with Crippen LogP contribution in [-0.4, -0.2) is 0 Å². The van der Waals surface area contributed by atoms with Gasteiger partial charge in [-0.05, 0) is 28.7 Å². The molecule has 0 saturated carbocycles. The van der Waals surface area contributed by atoms with Gasteiger partial charge >= 0.3 is 0 Å². The van der Waals surface area contributed by atoms with Gasteiger partial charge in [0.05, 0.1) is 0 Å². The van der Waals surface area contributed by atoms with Gasteiger partial charge in [-0.15, -0.1) is 6.58 Å². The Morgan fingerprint density at radius 2 is 1.47 bits per heavy atom. The first kappa shape index (κ1) is 11.3. The molecule has 0 nitrogen and oxygen atoms in total. The fourth-order valence-corrected chi connectivity index (χ4v) is 1.68. The second kappa shape index (κ2) is 5.16. The maximum Gasteiger partial charge on any atom is -0.00880 e. The highest BCUT2D eigenvalue weighted by atomic mass is 14.1. The fraction of sp³-hybridized carbons (Fsp3) is 0.0667. The highest BCUT2D eigenvalue weighted by Gasteiger charge is 2.05. The highest BCUT2D eigenvalue weighted by molar-refractivity contribution is 5.71. The lowest BCUT2D eigenvalue weighted by Crippen LogP contribution is -1.94. The molecule has 1 rings (SSSR count). The minimum Gasteiger partial charge on any atom is -0.103 e. The lowest BCUT2D eigenvalue weighted by atomic mass is 9.93. The number of allylic oxidation sites excluding steroid dienone is 1. The summed E-state index contributed by atoms with van der Waals surface area (Å²) >= 11 is 0. The van der Waals surface area contributed by atoms with Gasteiger partial charge in [0.1, 0.15) is 0 Å². The molecule has 0 heterocycles. The lowest BCUT2D eigenvalue weighted by molar-refractivity contribution is 1.25. The number of hydrogen-bond acceptors (Lipinski definition) is 0. The monoisotopic (exact) mass is 196 g/mol. The average Bonchev–Trinajstić information content (AvgIpc) is 2.28. The summed E-state index contributed by atoms with van der Waals surface area (Å²) in [5, 5.41) is 0. The van der Waals surface area contributed by atoms with Crippen molar-refractivity contribution in [3.63, 3.8) is 0 Å². The number of hydrogen-bond donors (Lipinski definition) is 0. The zero-order chi connectivity index (χ0) is 11.3. The largest absolute Gasteiger partial charge is 0.103 e. The van der Waals surface area contributed by atoms with Crippen molar-refractivity contribution in [2.75, 3.05) is 0 Å². The topological polar surface area (TPSA) is 0 Å². The third kappa shape index (κ3) is 2.16. The summed E-state index contributed by atoms with van der Waals surface area (Å²) in [7, 11) is 0. The Labute approximate surface area is 92.0 Å². The predicted molar refractivity (Wildman–Crippen MR) is 70.6 cm³/mol. The van der Waals surface area contributed by atoms with Crippen molar-refractivity contribution in [2.45, 2.75) is 6.42 Å². The van der Waals surface area contributed by atoms with Crippen molar-refractivity contribution in [2.24, 2.45) is 0 Å². The van der Waals surface area contributed by atoms with Gasteiger partial charge in [0.15, 0.2) is 0 Å². The Balaban J connectivity index is 3.49. The molecule has 0 atom stereocenters. The Hall–Kier alpha value is -1.82. The molecule has 0 aliphatic heterocycles. The van der Waals surface area contributed by atoms with E-state index >= 15 is 0 Å². The molecule has 0 aromatic heterocycles. The molecule has 1 aromatic rings. The van der Waals surface area contributed by atoms with E-state index in [1.807, 2.05) is 30.4 Å². The third-order valence-electron chi connectivity index (χ3n) is 2.42. The molecule has 0 N–H and O–H groups in total. The fourth-order valence-electron chi connectivity index (χ4n) is 1.68. The Kier molecular flexibility index (Phi) is 3.87. The first-order valence-corrected chi connectivity index (χ1v) is 4.92. The van der Waals surface area contributed by atoms with E-state index in [-0.39, 0.29) is 0 Å². The molecule has 15 heavy (non-hydrogen) atoms. The van der Waals surface area contributed by atoms with Gasteiger partial charge < -0.3 is 0 Å². The predicted octanol–water partition coefficient (Wildman–Crippen LogP) is 4.34.